The van der Waals surface area contributed by atoms with E-state index < -0.39 is 23.9 Å². The first-order valence-corrected chi connectivity index (χ1v) is 4.65. The van der Waals surface area contributed by atoms with Crippen LogP contribution in [-0.4, -0.2) is 9.61 Å². The molecule has 0 radical (unpaired) electrons. The molecule has 7 heteroatoms. The largest absolute Gasteiger partial charge is 0.435 e. The summed E-state index contributed by atoms with van der Waals surface area (Å²) in [4.78, 5) is 0. The maximum Gasteiger partial charge on any atom is 0.435 e. The maximum atomic E-state index is 12.7. The van der Waals surface area contributed by atoms with Crippen molar-refractivity contribution in [3.63, 3.8) is 0 Å². The number of aryl methyl sites for hydroxylation is 1. The first-order chi connectivity index (χ1) is 7.82. The zero-order chi connectivity index (χ0) is 12.8. The fourth-order valence-electron chi connectivity index (χ4n) is 1.71. The minimum atomic E-state index is -4.88. The van der Waals surface area contributed by atoms with Crippen molar-refractivity contribution in [3.8, 4) is 0 Å². The van der Waals surface area contributed by atoms with Crippen LogP contribution in [0, 0.1) is 6.92 Å². The van der Waals surface area contributed by atoms with Crippen LogP contribution in [0.4, 0.5) is 22.0 Å². The summed E-state index contributed by atoms with van der Waals surface area (Å²) in [6, 6.07) is 2.91. The van der Waals surface area contributed by atoms with Crippen LogP contribution < -0.4 is 0 Å². The number of pyridine rings is 1. The topological polar surface area (TPSA) is 17.3 Å². The Morgan fingerprint density at radius 3 is 2.47 bits per heavy atom. The van der Waals surface area contributed by atoms with Gasteiger partial charge in [0, 0.05) is 6.20 Å². The average molecular weight is 250 g/mol. The Labute approximate surface area is 92.7 Å². The summed E-state index contributed by atoms with van der Waals surface area (Å²) in [5, 5.41) is 3.18. The zero-order valence-corrected chi connectivity index (χ0v) is 8.59. The lowest BCUT2D eigenvalue weighted by Crippen LogP contribution is -2.09. The predicted octanol–water partition coefficient (Wildman–Crippen LogP) is 3.60. The van der Waals surface area contributed by atoms with Gasteiger partial charge in [-0.1, -0.05) is 6.07 Å². The Morgan fingerprint density at radius 1 is 1.29 bits per heavy atom. The molecule has 2 heterocycles. The van der Waals surface area contributed by atoms with Gasteiger partial charge < -0.3 is 0 Å². The minimum Gasteiger partial charge on any atom is -0.240 e. The molecule has 0 saturated carbocycles. The molecule has 0 aromatic carbocycles. The van der Waals surface area contributed by atoms with E-state index in [1.807, 2.05) is 0 Å². The molecule has 2 nitrogen and oxygen atoms in total. The van der Waals surface area contributed by atoms with Crippen LogP contribution in [0.15, 0.2) is 18.3 Å². The molecule has 0 N–H and O–H groups in total. The molecule has 0 amide bonds. The number of hydrogen-bond acceptors (Lipinski definition) is 1. The minimum absolute atomic E-state index is 0.185. The molecule has 2 rings (SSSR count). The van der Waals surface area contributed by atoms with E-state index in [0.29, 0.717) is 5.56 Å². The van der Waals surface area contributed by atoms with Gasteiger partial charge in [-0.15, -0.1) is 0 Å². The second-order valence-corrected chi connectivity index (χ2v) is 3.55. The molecule has 0 saturated heterocycles. The monoisotopic (exact) mass is 250 g/mol. The van der Waals surface area contributed by atoms with Crippen molar-refractivity contribution in [2.75, 3.05) is 0 Å². The summed E-state index contributed by atoms with van der Waals surface area (Å²) in [6.07, 6.45) is -6.89. The molecule has 0 bridgehead atoms. The van der Waals surface area contributed by atoms with Gasteiger partial charge in [-0.2, -0.15) is 18.3 Å². The first kappa shape index (κ1) is 11.8. The van der Waals surface area contributed by atoms with Gasteiger partial charge in [0.15, 0.2) is 5.69 Å². The highest BCUT2D eigenvalue weighted by Gasteiger charge is 2.40. The number of nitrogens with zero attached hydrogens (tertiary/aromatic N) is 2. The number of hydrogen-bond donors (Lipinski definition) is 0. The predicted molar refractivity (Wildman–Crippen MR) is 49.9 cm³/mol. The summed E-state index contributed by atoms with van der Waals surface area (Å²) >= 11 is 0. The standard InChI is InChI=1S/C10H7F5N2/c1-5-3-2-4-17-7(5)6(9(11)12)8(16-17)10(13,14)15/h2-4,9H,1H3. The van der Waals surface area contributed by atoms with E-state index in [4.69, 9.17) is 0 Å². The molecule has 0 unspecified atom stereocenters. The average Bonchev–Trinajstić information content (AvgIpc) is 2.57. The van der Waals surface area contributed by atoms with Crippen molar-refractivity contribution in [3.05, 3.63) is 35.2 Å². The highest BCUT2D eigenvalue weighted by atomic mass is 19.4. The Kier molecular flexibility index (Phi) is 2.56. The van der Waals surface area contributed by atoms with Crippen LogP contribution in [0.5, 0.6) is 0 Å². The van der Waals surface area contributed by atoms with Gasteiger partial charge in [0.1, 0.15) is 0 Å². The van der Waals surface area contributed by atoms with Crippen molar-refractivity contribution in [2.24, 2.45) is 0 Å². The molecule has 0 spiro atoms. The summed E-state index contributed by atoms with van der Waals surface area (Å²) in [5.74, 6) is 0. The van der Waals surface area contributed by atoms with Crippen LogP contribution in [0.1, 0.15) is 23.2 Å². The molecule has 2 aromatic heterocycles. The highest BCUT2D eigenvalue weighted by Crippen LogP contribution is 2.38. The lowest BCUT2D eigenvalue weighted by atomic mass is 10.1. The van der Waals surface area contributed by atoms with Crippen LogP contribution in [0.3, 0.4) is 0 Å². The molecule has 0 aliphatic heterocycles. The van der Waals surface area contributed by atoms with E-state index in [1.54, 1.807) is 0 Å². The molecule has 17 heavy (non-hydrogen) atoms. The number of aromatic nitrogens is 2. The lowest BCUT2D eigenvalue weighted by Gasteiger charge is -2.05. The van der Waals surface area contributed by atoms with Gasteiger partial charge >= 0.3 is 6.18 Å². The smallest absolute Gasteiger partial charge is 0.240 e. The summed E-state index contributed by atoms with van der Waals surface area (Å²) < 4.78 is 64.0. The first-order valence-electron chi connectivity index (χ1n) is 4.65. The summed E-state index contributed by atoms with van der Waals surface area (Å²) in [7, 11) is 0. The molecule has 0 atom stereocenters. The Morgan fingerprint density at radius 2 is 1.94 bits per heavy atom. The maximum absolute atomic E-state index is 12.7. The number of fused-ring (bicyclic) bond motifs is 1. The van der Waals surface area contributed by atoms with Crippen LogP contribution >= 0.6 is 0 Å². The lowest BCUT2D eigenvalue weighted by molar-refractivity contribution is -0.143. The summed E-state index contributed by atoms with van der Waals surface area (Å²) in [6.45, 7) is 1.46. The molecular weight excluding hydrogens is 243 g/mol. The number of halogens is 5. The van der Waals surface area contributed by atoms with Crippen LogP contribution in [-0.2, 0) is 6.18 Å². The van der Waals surface area contributed by atoms with E-state index in [-0.39, 0.29) is 5.52 Å². The van der Waals surface area contributed by atoms with Crippen molar-refractivity contribution in [1.29, 1.82) is 0 Å². The molecule has 92 valence electrons. The normalized spacial score (nSPS) is 12.6. The molecule has 0 aliphatic carbocycles. The van der Waals surface area contributed by atoms with Crippen molar-refractivity contribution in [2.45, 2.75) is 19.5 Å². The van der Waals surface area contributed by atoms with Crippen molar-refractivity contribution < 1.29 is 22.0 Å². The van der Waals surface area contributed by atoms with Gasteiger partial charge in [-0.3, -0.25) is 0 Å². The second kappa shape index (κ2) is 3.68. The third kappa shape index (κ3) is 1.85. The Balaban J connectivity index is 2.86. The Hall–Kier alpha value is -1.66. The quantitative estimate of drug-likeness (QED) is 0.707. The number of alkyl halides is 5. The van der Waals surface area contributed by atoms with E-state index in [1.165, 1.54) is 25.3 Å². The van der Waals surface area contributed by atoms with Crippen LogP contribution in [0.2, 0.25) is 0 Å². The fourth-order valence-corrected chi connectivity index (χ4v) is 1.71. The van der Waals surface area contributed by atoms with Gasteiger partial charge in [0.05, 0.1) is 11.1 Å². The van der Waals surface area contributed by atoms with E-state index >= 15 is 0 Å². The molecule has 0 fully saturated rings. The van der Waals surface area contributed by atoms with Gasteiger partial charge in [0.2, 0.25) is 0 Å². The SMILES string of the molecule is Cc1cccn2nc(C(F)(F)F)c(C(F)F)c12. The van der Waals surface area contributed by atoms with Gasteiger partial charge in [-0.25, -0.2) is 13.3 Å². The van der Waals surface area contributed by atoms with Crippen molar-refractivity contribution in [1.82, 2.24) is 9.61 Å². The van der Waals surface area contributed by atoms with E-state index in [9.17, 15) is 22.0 Å². The van der Waals surface area contributed by atoms with E-state index in [2.05, 4.69) is 5.10 Å². The second-order valence-electron chi connectivity index (χ2n) is 3.55. The summed E-state index contributed by atoms with van der Waals surface area (Å²) in [5.41, 5.74) is -2.45. The van der Waals surface area contributed by atoms with Gasteiger partial charge in [-0.05, 0) is 18.6 Å². The molecule has 2 aromatic rings. The fraction of sp³-hybridized carbons (Fsp3) is 0.300. The van der Waals surface area contributed by atoms with Crippen LogP contribution in [0.25, 0.3) is 5.52 Å². The number of rotatable bonds is 1. The third-order valence-corrected chi connectivity index (χ3v) is 2.38. The highest BCUT2D eigenvalue weighted by molar-refractivity contribution is 5.63. The molecule has 0 aliphatic rings. The van der Waals surface area contributed by atoms with Crippen molar-refractivity contribution >= 4 is 5.52 Å². The zero-order valence-electron chi connectivity index (χ0n) is 8.59. The van der Waals surface area contributed by atoms with Gasteiger partial charge in [0.25, 0.3) is 6.43 Å². The van der Waals surface area contributed by atoms with E-state index in [0.717, 1.165) is 4.52 Å². The third-order valence-electron chi connectivity index (χ3n) is 2.38. The Bertz CT molecular complexity index is 556. The molecular formula is C10H7F5N2.